The lowest BCUT2D eigenvalue weighted by molar-refractivity contribution is -0.128. The summed E-state index contributed by atoms with van der Waals surface area (Å²) in [5, 5.41) is 6.23. The van der Waals surface area contributed by atoms with Crippen LogP contribution in [-0.2, 0) is 16.1 Å². The van der Waals surface area contributed by atoms with Gasteiger partial charge in [0.05, 0.1) is 25.3 Å². The first-order valence-electron chi connectivity index (χ1n) is 9.20. The second-order valence-electron chi connectivity index (χ2n) is 6.05. The average molecular weight is 360 g/mol. The van der Waals surface area contributed by atoms with Crippen LogP contribution in [-0.4, -0.2) is 55.5 Å². The SMILES string of the molecule is CCNC(=NCc1ccc(C(=O)OCC)cc1)NCC(=O)N1CCCC1. The Morgan fingerprint density at radius 1 is 1.12 bits per heavy atom. The third-order valence-electron chi connectivity index (χ3n) is 4.09. The molecule has 1 fully saturated rings. The number of hydrogen-bond acceptors (Lipinski definition) is 4. The van der Waals surface area contributed by atoms with Crippen molar-refractivity contribution in [2.75, 3.05) is 32.8 Å². The number of hydrogen-bond donors (Lipinski definition) is 2. The van der Waals surface area contributed by atoms with Crippen LogP contribution in [0.3, 0.4) is 0 Å². The molecule has 1 aliphatic rings. The maximum absolute atomic E-state index is 12.1. The van der Waals surface area contributed by atoms with Crippen LogP contribution in [0.4, 0.5) is 0 Å². The van der Waals surface area contributed by atoms with Gasteiger partial charge < -0.3 is 20.3 Å². The van der Waals surface area contributed by atoms with Gasteiger partial charge in [-0.25, -0.2) is 9.79 Å². The molecule has 0 unspecified atom stereocenters. The van der Waals surface area contributed by atoms with E-state index in [-0.39, 0.29) is 18.4 Å². The van der Waals surface area contributed by atoms with Crippen LogP contribution in [0.5, 0.6) is 0 Å². The zero-order valence-corrected chi connectivity index (χ0v) is 15.6. The van der Waals surface area contributed by atoms with Crippen molar-refractivity contribution in [1.82, 2.24) is 15.5 Å². The Kier molecular flexibility index (Phi) is 7.92. The van der Waals surface area contributed by atoms with E-state index in [1.54, 1.807) is 19.1 Å². The zero-order chi connectivity index (χ0) is 18.8. The van der Waals surface area contributed by atoms with E-state index in [1.807, 2.05) is 24.0 Å². The molecule has 0 radical (unpaired) electrons. The Bertz CT molecular complexity index is 622. The van der Waals surface area contributed by atoms with Gasteiger partial charge in [0.15, 0.2) is 5.96 Å². The van der Waals surface area contributed by atoms with Crippen molar-refractivity contribution in [2.24, 2.45) is 4.99 Å². The largest absolute Gasteiger partial charge is 0.462 e. The molecule has 0 saturated carbocycles. The molecule has 0 aliphatic carbocycles. The van der Waals surface area contributed by atoms with E-state index in [2.05, 4.69) is 15.6 Å². The summed E-state index contributed by atoms with van der Waals surface area (Å²) in [6, 6.07) is 7.18. The molecule has 26 heavy (non-hydrogen) atoms. The summed E-state index contributed by atoms with van der Waals surface area (Å²) in [6.45, 7) is 7.23. The van der Waals surface area contributed by atoms with Crippen molar-refractivity contribution in [3.05, 3.63) is 35.4 Å². The molecule has 7 heteroatoms. The highest BCUT2D eigenvalue weighted by Gasteiger charge is 2.17. The first kappa shape index (κ1) is 19.8. The van der Waals surface area contributed by atoms with Gasteiger partial charge in [-0.2, -0.15) is 0 Å². The lowest BCUT2D eigenvalue weighted by atomic mass is 10.1. The topological polar surface area (TPSA) is 83.0 Å². The summed E-state index contributed by atoms with van der Waals surface area (Å²) in [7, 11) is 0. The molecule has 1 amide bonds. The van der Waals surface area contributed by atoms with Crippen LogP contribution >= 0.6 is 0 Å². The lowest BCUT2D eigenvalue weighted by Gasteiger charge is -2.17. The standard InChI is InChI=1S/C19H28N4O3/c1-3-20-19(22-14-17(24)23-11-5-6-12-23)21-13-15-7-9-16(10-8-15)18(25)26-4-2/h7-10H,3-6,11-14H2,1-2H3,(H2,20,21,22). The molecule has 0 aromatic heterocycles. The highest BCUT2D eigenvalue weighted by Crippen LogP contribution is 2.08. The molecule has 0 atom stereocenters. The second-order valence-corrected chi connectivity index (χ2v) is 6.05. The van der Waals surface area contributed by atoms with Gasteiger partial charge in [0.1, 0.15) is 0 Å². The Balaban J connectivity index is 1.89. The fourth-order valence-electron chi connectivity index (χ4n) is 2.71. The van der Waals surface area contributed by atoms with Crippen LogP contribution in [0, 0.1) is 0 Å². The number of guanidine groups is 1. The minimum Gasteiger partial charge on any atom is -0.462 e. The first-order valence-corrected chi connectivity index (χ1v) is 9.20. The van der Waals surface area contributed by atoms with E-state index < -0.39 is 0 Å². The number of benzene rings is 1. The normalized spacial score (nSPS) is 14.2. The molecular formula is C19H28N4O3. The van der Waals surface area contributed by atoms with Crippen molar-refractivity contribution in [3.63, 3.8) is 0 Å². The van der Waals surface area contributed by atoms with Crippen LogP contribution in [0.2, 0.25) is 0 Å². The highest BCUT2D eigenvalue weighted by molar-refractivity contribution is 5.89. The number of rotatable bonds is 7. The minimum absolute atomic E-state index is 0.104. The maximum Gasteiger partial charge on any atom is 0.338 e. The zero-order valence-electron chi connectivity index (χ0n) is 15.6. The van der Waals surface area contributed by atoms with Crippen molar-refractivity contribution in [3.8, 4) is 0 Å². The molecule has 2 rings (SSSR count). The van der Waals surface area contributed by atoms with Gasteiger partial charge in [0.25, 0.3) is 0 Å². The van der Waals surface area contributed by atoms with E-state index in [0.29, 0.717) is 31.2 Å². The van der Waals surface area contributed by atoms with Crippen LogP contribution in [0.15, 0.2) is 29.3 Å². The summed E-state index contributed by atoms with van der Waals surface area (Å²) in [5.41, 5.74) is 1.50. The van der Waals surface area contributed by atoms with E-state index >= 15 is 0 Å². The van der Waals surface area contributed by atoms with Gasteiger partial charge in [0.2, 0.25) is 5.91 Å². The maximum atomic E-state index is 12.1. The number of esters is 1. The molecular weight excluding hydrogens is 332 g/mol. The van der Waals surface area contributed by atoms with Gasteiger partial charge >= 0.3 is 5.97 Å². The number of carbonyl (C=O) groups excluding carboxylic acids is 2. The summed E-state index contributed by atoms with van der Waals surface area (Å²) < 4.78 is 4.97. The van der Waals surface area contributed by atoms with E-state index in [0.717, 1.165) is 31.5 Å². The molecule has 0 spiro atoms. The predicted octanol–water partition coefficient (Wildman–Crippen LogP) is 1.54. The van der Waals surface area contributed by atoms with Gasteiger partial charge in [-0.1, -0.05) is 12.1 Å². The summed E-state index contributed by atoms with van der Waals surface area (Å²) >= 11 is 0. The summed E-state index contributed by atoms with van der Waals surface area (Å²) in [5.74, 6) is 0.388. The number of nitrogens with zero attached hydrogens (tertiary/aromatic N) is 2. The molecule has 1 heterocycles. The second kappa shape index (κ2) is 10.4. The highest BCUT2D eigenvalue weighted by atomic mass is 16.5. The quantitative estimate of drug-likeness (QED) is 0.438. The van der Waals surface area contributed by atoms with Crippen LogP contribution in [0.25, 0.3) is 0 Å². The van der Waals surface area contributed by atoms with Gasteiger partial charge in [-0.15, -0.1) is 0 Å². The third kappa shape index (κ3) is 6.06. The summed E-state index contributed by atoms with van der Waals surface area (Å²) in [6.07, 6.45) is 2.17. The smallest absolute Gasteiger partial charge is 0.338 e. The van der Waals surface area contributed by atoms with Gasteiger partial charge in [-0.3, -0.25) is 4.79 Å². The minimum atomic E-state index is -0.321. The number of nitrogens with one attached hydrogen (secondary N) is 2. The van der Waals surface area contributed by atoms with Crippen molar-refractivity contribution in [1.29, 1.82) is 0 Å². The van der Waals surface area contributed by atoms with Crippen molar-refractivity contribution >= 4 is 17.8 Å². The molecule has 1 aliphatic heterocycles. The van der Waals surface area contributed by atoms with E-state index in [1.165, 1.54) is 0 Å². The monoisotopic (exact) mass is 360 g/mol. The predicted molar refractivity (Wildman–Crippen MR) is 101 cm³/mol. The fourth-order valence-corrected chi connectivity index (χ4v) is 2.71. The Hall–Kier alpha value is -2.57. The average Bonchev–Trinajstić information content (AvgIpc) is 3.19. The molecule has 142 valence electrons. The van der Waals surface area contributed by atoms with Gasteiger partial charge in [-0.05, 0) is 44.4 Å². The molecule has 2 N–H and O–H groups in total. The molecule has 1 aromatic rings. The molecule has 7 nitrogen and oxygen atoms in total. The third-order valence-corrected chi connectivity index (χ3v) is 4.09. The number of ether oxygens (including phenoxy) is 1. The molecule has 1 saturated heterocycles. The van der Waals surface area contributed by atoms with Crippen LogP contribution < -0.4 is 10.6 Å². The first-order chi connectivity index (χ1) is 12.6. The summed E-state index contributed by atoms with van der Waals surface area (Å²) in [4.78, 5) is 30.2. The molecule has 0 bridgehead atoms. The van der Waals surface area contributed by atoms with E-state index in [9.17, 15) is 9.59 Å². The number of amides is 1. The lowest BCUT2D eigenvalue weighted by Crippen LogP contribution is -2.44. The van der Waals surface area contributed by atoms with E-state index in [4.69, 9.17) is 4.74 Å². The number of aliphatic imine (C=N–C) groups is 1. The number of likely N-dealkylation sites (tertiary alicyclic amines) is 1. The fraction of sp³-hybridized carbons (Fsp3) is 0.526. The van der Waals surface area contributed by atoms with Crippen molar-refractivity contribution < 1.29 is 14.3 Å². The van der Waals surface area contributed by atoms with Crippen LogP contribution in [0.1, 0.15) is 42.6 Å². The Morgan fingerprint density at radius 2 is 1.81 bits per heavy atom. The molecule has 1 aromatic carbocycles. The number of carbonyl (C=O) groups is 2. The Morgan fingerprint density at radius 3 is 2.42 bits per heavy atom. The van der Waals surface area contributed by atoms with Crippen molar-refractivity contribution in [2.45, 2.75) is 33.2 Å². The van der Waals surface area contributed by atoms with Gasteiger partial charge in [0, 0.05) is 19.6 Å². The Labute approximate surface area is 154 Å².